The maximum atomic E-state index is 15.2. The molecular weight excluding hydrogens is 507 g/mol. The van der Waals surface area contributed by atoms with Gasteiger partial charge in [0.15, 0.2) is 11.6 Å². The average Bonchev–Trinajstić information content (AvgIpc) is 3.18. The summed E-state index contributed by atoms with van der Waals surface area (Å²) in [5.41, 5.74) is 8.65. The molecule has 202 valence electrons. The highest BCUT2D eigenvalue weighted by atomic mass is 32.1. The van der Waals surface area contributed by atoms with Crippen molar-refractivity contribution in [3.05, 3.63) is 45.8 Å². The molecule has 2 aliphatic rings. The van der Waals surface area contributed by atoms with Crippen molar-refractivity contribution in [2.75, 3.05) is 36.8 Å². The molecule has 3 N–H and O–H groups in total. The van der Waals surface area contributed by atoms with E-state index >= 15 is 4.39 Å². The zero-order chi connectivity index (χ0) is 27.2. The van der Waals surface area contributed by atoms with E-state index in [2.05, 4.69) is 15.3 Å². The number of carbonyl (C=O) groups is 2. The highest BCUT2D eigenvalue weighted by Crippen LogP contribution is 2.33. The second-order valence-corrected chi connectivity index (χ2v) is 11.9. The summed E-state index contributed by atoms with van der Waals surface area (Å²) in [6.45, 7) is 9.24. The first kappa shape index (κ1) is 26.1. The zero-order valence-corrected chi connectivity index (χ0v) is 23.0. The van der Waals surface area contributed by atoms with Gasteiger partial charge in [0.2, 0.25) is 0 Å². The fraction of sp³-hybridized carbons (Fsp3) is 0.481. The van der Waals surface area contributed by atoms with Crippen LogP contribution in [-0.4, -0.2) is 64.7 Å². The molecule has 5 rings (SSSR count). The lowest BCUT2D eigenvalue weighted by Gasteiger charge is -2.36. The van der Waals surface area contributed by atoms with Crippen molar-refractivity contribution in [3.63, 3.8) is 0 Å². The van der Waals surface area contributed by atoms with E-state index in [9.17, 15) is 9.59 Å². The summed E-state index contributed by atoms with van der Waals surface area (Å²) in [5, 5.41) is 3.86. The van der Waals surface area contributed by atoms with Crippen LogP contribution in [0, 0.1) is 12.7 Å². The van der Waals surface area contributed by atoms with E-state index in [4.69, 9.17) is 10.5 Å². The van der Waals surface area contributed by atoms with Crippen molar-refractivity contribution in [3.8, 4) is 0 Å². The van der Waals surface area contributed by atoms with Crippen molar-refractivity contribution in [2.24, 2.45) is 0 Å². The summed E-state index contributed by atoms with van der Waals surface area (Å²) in [5.74, 6) is -0.308. The molecule has 1 saturated heterocycles. The number of carbonyl (C=O) groups excluding carboxylic acids is 2. The van der Waals surface area contributed by atoms with E-state index in [1.54, 1.807) is 4.90 Å². The van der Waals surface area contributed by atoms with E-state index < -0.39 is 11.4 Å². The monoisotopic (exact) mass is 540 g/mol. The predicted octanol–water partition coefficient (Wildman–Crippen LogP) is 4.07. The molecule has 4 heterocycles. The Labute approximate surface area is 225 Å². The molecule has 2 amide bonds. The smallest absolute Gasteiger partial charge is 0.410 e. The molecule has 9 nitrogen and oxygen atoms in total. The van der Waals surface area contributed by atoms with Gasteiger partial charge in [-0.15, -0.1) is 11.3 Å². The number of piperazine rings is 1. The number of nitrogens with zero attached hydrogens (tertiary/aromatic N) is 4. The Morgan fingerprint density at radius 1 is 1.18 bits per heavy atom. The number of hydrogen-bond acceptors (Lipinski definition) is 8. The Bertz CT molecular complexity index is 1390. The number of aryl methyl sites for hydroxylation is 2. The van der Waals surface area contributed by atoms with Gasteiger partial charge in [-0.3, -0.25) is 4.79 Å². The van der Waals surface area contributed by atoms with Crippen LogP contribution in [0.15, 0.2) is 18.2 Å². The first-order valence-electron chi connectivity index (χ1n) is 12.9. The number of pyridine rings is 2. The standard InChI is InChI=1S/C27H33FN6O3S/c1-15-5-7-18-21(29)22(38-25(18)30-15)24(35)31-17-6-8-20-16(13-17)14-19(28)23(32-20)33-9-11-34(12-10-33)26(36)37-27(2,3)4/h5,7,14,17H,6,8-13,29H2,1-4H3,(H,31,35)/t17-/m0/s1. The van der Waals surface area contributed by atoms with Crippen LogP contribution in [0.3, 0.4) is 0 Å². The van der Waals surface area contributed by atoms with Crippen LogP contribution >= 0.6 is 11.3 Å². The van der Waals surface area contributed by atoms with Gasteiger partial charge >= 0.3 is 6.09 Å². The number of rotatable bonds is 3. The van der Waals surface area contributed by atoms with Gasteiger partial charge < -0.3 is 25.6 Å². The Morgan fingerprint density at radius 3 is 2.63 bits per heavy atom. The van der Waals surface area contributed by atoms with E-state index in [0.717, 1.165) is 27.2 Å². The van der Waals surface area contributed by atoms with Crippen LogP contribution in [0.25, 0.3) is 10.2 Å². The Balaban J connectivity index is 1.23. The highest BCUT2D eigenvalue weighted by Gasteiger charge is 2.30. The third-order valence-corrected chi connectivity index (χ3v) is 7.94. The number of halogens is 1. The van der Waals surface area contributed by atoms with Crippen LogP contribution in [-0.2, 0) is 17.6 Å². The fourth-order valence-electron chi connectivity index (χ4n) is 4.91. The number of nitrogen functional groups attached to an aromatic ring is 1. The van der Waals surface area contributed by atoms with Crippen LogP contribution in [0.5, 0.6) is 0 Å². The number of aromatic nitrogens is 2. The van der Waals surface area contributed by atoms with E-state index in [1.165, 1.54) is 17.4 Å². The summed E-state index contributed by atoms with van der Waals surface area (Å²) in [7, 11) is 0. The molecule has 1 aliphatic heterocycles. The predicted molar refractivity (Wildman–Crippen MR) is 146 cm³/mol. The maximum absolute atomic E-state index is 15.2. The van der Waals surface area contributed by atoms with E-state index in [-0.39, 0.29) is 18.0 Å². The molecule has 38 heavy (non-hydrogen) atoms. The average molecular weight is 541 g/mol. The van der Waals surface area contributed by atoms with E-state index in [0.29, 0.717) is 61.8 Å². The molecule has 3 aromatic heterocycles. The van der Waals surface area contributed by atoms with Crippen molar-refractivity contribution >= 4 is 45.1 Å². The molecule has 11 heteroatoms. The SMILES string of the molecule is Cc1ccc2c(N)c(C(=O)N[C@H]3CCc4nc(N5CCN(C(=O)OC(C)(C)C)CC5)c(F)cc4C3)sc2n1. The lowest BCUT2D eigenvalue weighted by atomic mass is 9.91. The molecule has 0 bridgehead atoms. The molecule has 3 aromatic rings. The minimum Gasteiger partial charge on any atom is -0.444 e. The van der Waals surface area contributed by atoms with Gasteiger partial charge in [0.05, 0.1) is 5.69 Å². The lowest BCUT2D eigenvalue weighted by molar-refractivity contribution is 0.0240. The van der Waals surface area contributed by atoms with Gasteiger partial charge in [0.1, 0.15) is 15.3 Å². The first-order chi connectivity index (χ1) is 18.0. The van der Waals surface area contributed by atoms with Gasteiger partial charge in [-0.25, -0.2) is 19.2 Å². The minimum atomic E-state index is -0.557. The molecule has 0 spiro atoms. The van der Waals surface area contributed by atoms with Gasteiger partial charge in [-0.2, -0.15) is 0 Å². The quantitative estimate of drug-likeness (QED) is 0.515. The third kappa shape index (κ3) is 5.38. The van der Waals surface area contributed by atoms with Crippen molar-refractivity contribution < 1.29 is 18.7 Å². The summed E-state index contributed by atoms with van der Waals surface area (Å²) in [4.78, 5) is 39.2. The molecule has 0 aromatic carbocycles. The zero-order valence-electron chi connectivity index (χ0n) is 22.1. The van der Waals surface area contributed by atoms with Crippen LogP contribution in [0.1, 0.15) is 53.8 Å². The molecule has 1 atom stereocenters. The van der Waals surface area contributed by atoms with E-state index in [1.807, 2.05) is 44.7 Å². The maximum Gasteiger partial charge on any atom is 0.410 e. The van der Waals surface area contributed by atoms with Gasteiger partial charge in [-0.05, 0) is 70.7 Å². The molecular formula is C27H33FN6O3S. The van der Waals surface area contributed by atoms with Crippen molar-refractivity contribution in [1.29, 1.82) is 0 Å². The molecule has 0 radical (unpaired) electrons. The number of nitrogens with two attached hydrogens (primary N) is 1. The summed E-state index contributed by atoms with van der Waals surface area (Å²) < 4.78 is 20.6. The molecule has 0 unspecified atom stereocenters. The lowest BCUT2D eigenvalue weighted by Crippen LogP contribution is -2.50. The number of amides is 2. The Morgan fingerprint density at radius 2 is 1.92 bits per heavy atom. The van der Waals surface area contributed by atoms with Crippen LogP contribution < -0.4 is 16.0 Å². The van der Waals surface area contributed by atoms with Crippen molar-refractivity contribution in [2.45, 2.75) is 58.6 Å². The molecule has 1 fully saturated rings. The molecule has 1 aliphatic carbocycles. The molecule has 0 saturated carbocycles. The van der Waals surface area contributed by atoms with Gasteiger partial charge in [-0.1, -0.05) is 0 Å². The van der Waals surface area contributed by atoms with Gasteiger partial charge in [0.25, 0.3) is 5.91 Å². The first-order valence-corrected chi connectivity index (χ1v) is 13.7. The summed E-state index contributed by atoms with van der Waals surface area (Å²) in [6, 6.07) is 5.16. The number of anilines is 2. The number of ether oxygens (including phenoxy) is 1. The van der Waals surface area contributed by atoms with Gasteiger partial charge in [0, 0.05) is 49.0 Å². The summed E-state index contributed by atoms with van der Waals surface area (Å²) >= 11 is 1.29. The second-order valence-electron chi connectivity index (χ2n) is 10.9. The Kier molecular flexibility index (Phi) is 6.89. The Hall–Kier alpha value is -3.47. The topological polar surface area (TPSA) is 114 Å². The van der Waals surface area contributed by atoms with Crippen LogP contribution in [0.2, 0.25) is 0 Å². The largest absolute Gasteiger partial charge is 0.444 e. The van der Waals surface area contributed by atoms with Crippen LogP contribution in [0.4, 0.5) is 20.7 Å². The number of thiophene rings is 1. The summed E-state index contributed by atoms with van der Waals surface area (Å²) in [6.07, 6.45) is 1.48. The normalized spacial score (nSPS) is 17.9. The third-order valence-electron chi connectivity index (χ3n) is 6.83. The number of nitrogens with one attached hydrogen (secondary N) is 1. The number of hydrogen-bond donors (Lipinski definition) is 2. The number of fused-ring (bicyclic) bond motifs is 2. The second kappa shape index (κ2) is 10.0. The highest BCUT2D eigenvalue weighted by molar-refractivity contribution is 7.21. The van der Waals surface area contributed by atoms with Crippen molar-refractivity contribution in [1.82, 2.24) is 20.2 Å². The fourth-order valence-corrected chi connectivity index (χ4v) is 5.95. The minimum absolute atomic E-state index is 0.140.